The molecule has 0 unspecified atom stereocenters. The maximum absolute atomic E-state index is 12.4. The Balaban J connectivity index is 2.84. The highest BCUT2D eigenvalue weighted by atomic mass is 16.1. The first-order valence-electron chi connectivity index (χ1n) is 7.76. The van der Waals surface area contributed by atoms with Gasteiger partial charge in [0.05, 0.1) is 6.07 Å². The number of rotatable bonds is 8. The Morgan fingerprint density at radius 1 is 1.29 bits per heavy atom. The quantitative estimate of drug-likeness (QED) is 0.727. The molecule has 2 atom stereocenters. The molecule has 1 rings (SSSR count). The summed E-state index contributed by atoms with van der Waals surface area (Å²) >= 11 is 0. The van der Waals surface area contributed by atoms with Crippen LogP contribution in [0.25, 0.3) is 0 Å². The second-order valence-electron chi connectivity index (χ2n) is 5.66. The van der Waals surface area contributed by atoms with Crippen LogP contribution in [0.3, 0.4) is 0 Å². The zero-order chi connectivity index (χ0) is 15.8. The summed E-state index contributed by atoms with van der Waals surface area (Å²) in [6.45, 7) is 7.96. The molecule has 0 aromatic carbocycles. The van der Waals surface area contributed by atoms with Crippen molar-refractivity contribution in [1.82, 2.24) is 9.97 Å². The molecule has 114 valence electrons. The molecule has 4 nitrogen and oxygen atoms in total. The minimum Gasteiger partial charge on any atom is -0.298 e. The lowest BCUT2D eigenvalue weighted by Gasteiger charge is -2.15. The predicted octanol–water partition coefficient (Wildman–Crippen LogP) is 3.88. The zero-order valence-corrected chi connectivity index (χ0v) is 13.5. The number of Topliss-reactive ketones (excluding diaryl/α,β-unsaturated/α-hetero) is 1. The van der Waals surface area contributed by atoms with Crippen LogP contribution in [0.5, 0.6) is 0 Å². The van der Waals surface area contributed by atoms with Crippen molar-refractivity contribution in [1.29, 1.82) is 5.26 Å². The predicted molar refractivity (Wildman–Crippen MR) is 82.8 cm³/mol. The molecule has 0 bridgehead atoms. The van der Waals surface area contributed by atoms with Crippen molar-refractivity contribution in [2.45, 2.75) is 65.7 Å². The summed E-state index contributed by atoms with van der Waals surface area (Å²) < 4.78 is 0. The fraction of sp³-hybridized carbons (Fsp3) is 0.647. The van der Waals surface area contributed by atoms with Crippen LogP contribution in [0.2, 0.25) is 0 Å². The van der Waals surface area contributed by atoms with Crippen molar-refractivity contribution in [3.63, 3.8) is 0 Å². The first kappa shape index (κ1) is 17.3. The minimum absolute atomic E-state index is 0.0505. The number of unbranched alkanes of at least 4 members (excludes halogenated alkanes) is 1. The first-order valence-corrected chi connectivity index (χ1v) is 7.76. The molecule has 0 aliphatic rings. The molecule has 0 N–H and O–H groups in total. The van der Waals surface area contributed by atoms with Crippen LogP contribution in [0.4, 0.5) is 0 Å². The number of nitrogens with zero attached hydrogens (tertiary/aromatic N) is 3. The average molecular weight is 287 g/mol. The highest BCUT2D eigenvalue weighted by molar-refractivity contribution is 5.87. The molecule has 4 heteroatoms. The largest absolute Gasteiger partial charge is 0.298 e. The van der Waals surface area contributed by atoms with E-state index in [0.29, 0.717) is 18.2 Å². The second kappa shape index (κ2) is 8.51. The molecule has 1 aromatic rings. The summed E-state index contributed by atoms with van der Waals surface area (Å²) in [5.41, 5.74) is 1.59. The lowest BCUT2D eigenvalue weighted by molar-refractivity contribution is -0.120. The molecule has 0 amide bonds. The van der Waals surface area contributed by atoms with E-state index in [-0.39, 0.29) is 5.78 Å². The number of ketones is 1. The van der Waals surface area contributed by atoms with Gasteiger partial charge in [-0.15, -0.1) is 0 Å². The third-order valence-corrected chi connectivity index (χ3v) is 3.74. The molecular formula is C17H25N3O. The van der Waals surface area contributed by atoms with Crippen LogP contribution in [-0.4, -0.2) is 15.8 Å². The molecule has 0 spiro atoms. The number of hydrogen-bond donors (Lipinski definition) is 0. The van der Waals surface area contributed by atoms with Gasteiger partial charge in [-0.3, -0.25) is 4.79 Å². The van der Waals surface area contributed by atoms with Gasteiger partial charge in [-0.1, -0.05) is 39.5 Å². The highest BCUT2D eigenvalue weighted by Crippen LogP contribution is 2.22. The van der Waals surface area contributed by atoms with Crippen LogP contribution in [0.15, 0.2) is 6.07 Å². The molecule has 0 aliphatic carbocycles. The van der Waals surface area contributed by atoms with E-state index in [4.69, 9.17) is 0 Å². The van der Waals surface area contributed by atoms with E-state index >= 15 is 0 Å². The SMILES string of the molecule is CCCC[C@@H](CC)CC(=O)[C@@H](C#N)c1nc(C)cc(C)n1. The third kappa shape index (κ3) is 5.26. The van der Waals surface area contributed by atoms with Crippen molar-refractivity contribution in [3.8, 4) is 6.07 Å². The second-order valence-corrected chi connectivity index (χ2v) is 5.66. The van der Waals surface area contributed by atoms with E-state index in [0.717, 1.165) is 37.1 Å². The summed E-state index contributed by atoms with van der Waals surface area (Å²) in [4.78, 5) is 21.0. The Morgan fingerprint density at radius 2 is 1.90 bits per heavy atom. The summed E-state index contributed by atoms with van der Waals surface area (Å²) in [6.07, 6.45) is 4.73. The molecule has 0 fully saturated rings. The molecular weight excluding hydrogens is 262 g/mol. The van der Waals surface area contributed by atoms with Gasteiger partial charge >= 0.3 is 0 Å². The summed E-state index contributed by atoms with van der Waals surface area (Å²) in [6, 6.07) is 3.93. The number of aryl methyl sites for hydroxylation is 2. The van der Waals surface area contributed by atoms with Gasteiger partial charge in [0.25, 0.3) is 0 Å². The smallest absolute Gasteiger partial charge is 0.164 e. The van der Waals surface area contributed by atoms with E-state index in [1.54, 1.807) is 0 Å². The normalized spacial score (nSPS) is 13.5. The molecule has 0 saturated carbocycles. The number of carbonyl (C=O) groups is 1. The molecule has 0 saturated heterocycles. The molecule has 1 heterocycles. The van der Waals surface area contributed by atoms with Crippen LogP contribution in [0.1, 0.15) is 69.1 Å². The van der Waals surface area contributed by atoms with Gasteiger partial charge < -0.3 is 0 Å². The standard InChI is InChI=1S/C17H25N3O/c1-5-7-8-14(6-2)10-16(21)15(11-18)17-19-12(3)9-13(4)20-17/h9,14-15H,5-8,10H2,1-4H3/t14-,15-/m1/s1. The van der Waals surface area contributed by atoms with E-state index in [9.17, 15) is 10.1 Å². The minimum atomic E-state index is -0.834. The van der Waals surface area contributed by atoms with Gasteiger partial charge in [0.1, 0.15) is 0 Å². The van der Waals surface area contributed by atoms with Gasteiger partial charge in [0.15, 0.2) is 17.5 Å². The molecule has 21 heavy (non-hydrogen) atoms. The monoisotopic (exact) mass is 287 g/mol. The third-order valence-electron chi connectivity index (χ3n) is 3.74. The Hall–Kier alpha value is -1.76. The Kier molecular flexibility index (Phi) is 7.01. The van der Waals surface area contributed by atoms with Crippen molar-refractivity contribution >= 4 is 5.78 Å². The lowest BCUT2D eigenvalue weighted by atomic mass is 9.89. The molecule has 0 radical (unpaired) electrons. The highest BCUT2D eigenvalue weighted by Gasteiger charge is 2.25. The topological polar surface area (TPSA) is 66.6 Å². The van der Waals surface area contributed by atoms with Crippen LogP contribution < -0.4 is 0 Å². The van der Waals surface area contributed by atoms with Crippen LogP contribution in [-0.2, 0) is 4.79 Å². The van der Waals surface area contributed by atoms with Gasteiger partial charge in [-0.25, -0.2) is 9.97 Å². The first-order chi connectivity index (χ1) is 10.0. The van der Waals surface area contributed by atoms with Crippen LogP contribution in [0, 0.1) is 31.1 Å². The summed E-state index contributed by atoms with van der Waals surface area (Å²) in [5.74, 6) is -0.172. The number of carbonyl (C=O) groups excluding carboxylic acids is 1. The van der Waals surface area contributed by atoms with E-state index in [2.05, 4.69) is 29.9 Å². The molecule has 1 aromatic heterocycles. The molecule has 0 aliphatic heterocycles. The van der Waals surface area contributed by atoms with Gasteiger partial charge in [-0.2, -0.15) is 5.26 Å². The van der Waals surface area contributed by atoms with Crippen molar-refractivity contribution in [3.05, 3.63) is 23.3 Å². The van der Waals surface area contributed by atoms with Crippen molar-refractivity contribution in [2.24, 2.45) is 5.92 Å². The van der Waals surface area contributed by atoms with Crippen LogP contribution >= 0.6 is 0 Å². The van der Waals surface area contributed by atoms with Gasteiger partial charge in [0.2, 0.25) is 0 Å². The number of hydrogen-bond acceptors (Lipinski definition) is 4. The van der Waals surface area contributed by atoms with E-state index in [1.165, 1.54) is 0 Å². The van der Waals surface area contributed by atoms with E-state index in [1.807, 2.05) is 19.9 Å². The fourth-order valence-electron chi connectivity index (χ4n) is 2.50. The Morgan fingerprint density at radius 3 is 2.38 bits per heavy atom. The van der Waals surface area contributed by atoms with Gasteiger partial charge in [-0.05, 0) is 25.8 Å². The van der Waals surface area contributed by atoms with E-state index < -0.39 is 5.92 Å². The zero-order valence-electron chi connectivity index (χ0n) is 13.5. The number of nitriles is 1. The average Bonchev–Trinajstić information content (AvgIpc) is 2.43. The number of aromatic nitrogens is 2. The lowest BCUT2D eigenvalue weighted by Crippen LogP contribution is -2.18. The summed E-state index contributed by atoms with van der Waals surface area (Å²) in [5, 5.41) is 9.34. The Labute approximate surface area is 127 Å². The maximum atomic E-state index is 12.4. The maximum Gasteiger partial charge on any atom is 0.164 e. The van der Waals surface area contributed by atoms with Crippen molar-refractivity contribution < 1.29 is 4.79 Å². The fourth-order valence-corrected chi connectivity index (χ4v) is 2.50. The van der Waals surface area contributed by atoms with Crippen molar-refractivity contribution in [2.75, 3.05) is 0 Å². The van der Waals surface area contributed by atoms with Gasteiger partial charge in [0, 0.05) is 17.8 Å². The Bertz CT molecular complexity index is 499. The summed E-state index contributed by atoms with van der Waals surface area (Å²) in [7, 11) is 0.